The zero-order chi connectivity index (χ0) is 18.8. The second-order valence-corrected chi connectivity index (χ2v) is 7.52. The minimum absolute atomic E-state index is 0.0403. The number of likely N-dealkylation sites (tertiary alicyclic amines) is 1. The number of hydrogen-bond donors (Lipinski definition) is 1. The van der Waals surface area contributed by atoms with Crippen LogP contribution in [0, 0.1) is 5.92 Å². The van der Waals surface area contributed by atoms with Gasteiger partial charge in [-0.2, -0.15) is 0 Å². The zero-order valence-corrected chi connectivity index (χ0v) is 15.6. The van der Waals surface area contributed by atoms with E-state index in [0.717, 1.165) is 41.4 Å². The minimum atomic E-state index is -0.716. The molecular formula is C22H21ClN2O2. The topological polar surface area (TPSA) is 53.4 Å². The van der Waals surface area contributed by atoms with Gasteiger partial charge in [-0.3, -0.25) is 14.7 Å². The van der Waals surface area contributed by atoms with Crippen LogP contribution in [0.4, 0.5) is 0 Å². The molecule has 2 atom stereocenters. The van der Waals surface area contributed by atoms with Crippen LogP contribution in [0.1, 0.15) is 30.0 Å². The Morgan fingerprint density at radius 3 is 2.70 bits per heavy atom. The van der Waals surface area contributed by atoms with Gasteiger partial charge in [0, 0.05) is 23.2 Å². The first-order valence-electron chi connectivity index (χ1n) is 9.19. The predicted octanol–water partition coefficient (Wildman–Crippen LogP) is 4.77. The molecule has 0 bridgehead atoms. The summed E-state index contributed by atoms with van der Waals surface area (Å²) in [5, 5.41) is 11.3. The molecule has 2 unspecified atom stereocenters. The molecule has 1 aliphatic heterocycles. The van der Waals surface area contributed by atoms with E-state index < -0.39 is 5.97 Å². The molecular weight excluding hydrogens is 360 g/mol. The van der Waals surface area contributed by atoms with Crippen LogP contribution in [0.25, 0.3) is 10.9 Å². The second kappa shape index (κ2) is 7.67. The van der Waals surface area contributed by atoms with Crippen molar-refractivity contribution in [2.75, 3.05) is 13.1 Å². The molecule has 0 amide bonds. The van der Waals surface area contributed by atoms with Crippen LogP contribution < -0.4 is 0 Å². The molecule has 4 rings (SSSR count). The fourth-order valence-corrected chi connectivity index (χ4v) is 4.07. The maximum absolute atomic E-state index is 11.6. The van der Waals surface area contributed by atoms with Crippen molar-refractivity contribution < 1.29 is 9.90 Å². The molecule has 0 saturated carbocycles. The van der Waals surface area contributed by atoms with E-state index in [-0.39, 0.29) is 12.0 Å². The molecule has 0 radical (unpaired) electrons. The normalized spacial score (nSPS) is 19.1. The molecule has 1 saturated heterocycles. The molecule has 0 spiro atoms. The van der Waals surface area contributed by atoms with Crippen LogP contribution in [0.2, 0.25) is 5.02 Å². The van der Waals surface area contributed by atoms with E-state index >= 15 is 0 Å². The van der Waals surface area contributed by atoms with Gasteiger partial charge in [-0.05, 0) is 54.8 Å². The van der Waals surface area contributed by atoms with Gasteiger partial charge in [0.05, 0.1) is 17.5 Å². The van der Waals surface area contributed by atoms with Crippen molar-refractivity contribution in [1.82, 2.24) is 9.88 Å². The highest BCUT2D eigenvalue weighted by molar-refractivity contribution is 6.30. The Morgan fingerprint density at radius 2 is 1.93 bits per heavy atom. The van der Waals surface area contributed by atoms with Crippen molar-refractivity contribution in [3.63, 3.8) is 0 Å². The van der Waals surface area contributed by atoms with Gasteiger partial charge in [0.1, 0.15) is 0 Å². The minimum Gasteiger partial charge on any atom is -0.481 e. The van der Waals surface area contributed by atoms with E-state index in [1.165, 1.54) is 0 Å². The Kier molecular flexibility index (Phi) is 5.10. The number of halogens is 1. The number of aliphatic carboxylic acids is 1. The van der Waals surface area contributed by atoms with Gasteiger partial charge in [-0.25, -0.2) is 0 Å². The van der Waals surface area contributed by atoms with E-state index in [1.807, 2.05) is 48.7 Å². The second-order valence-electron chi connectivity index (χ2n) is 7.09. The first-order valence-corrected chi connectivity index (χ1v) is 9.56. The summed E-state index contributed by atoms with van der Waals surface area (Å²) in [5.74, 6) is -1.05. The number of hydrogen-bond acceptors (Lipinski definition) is 3. The number of fused-ring (bicyclic) bond motifs is 1. The van der Waals surface area contributed by atoms with Crippen LogP contribution in [0.5, 0.6) is 0 Å². The summed E-state index contributed by atoms with van der Waals surface area (Å²) < 4.78 is 0. The van der Waals surface area contributed by atoms with Gasteiger partial charge in [0.25, 0.3) is 0 Å². The zero-order valence-electron chi connectivity index (χ0n) is 14.9. The average molecular weight is 381 g/mol. The summed E-state index contributed by atoms with van der Waals surface area (Å²) in [6, 6.07) is 18.0. The molecule has 0 aliphatic carbocycles. The van der Waals surface area contributed by atoms with Crippen molar-refractivity contribution in [3.05, 3.63) is 76.9 Å². The summed E-state index contributed by atoms with van der Waals surface area (Å²) in [6.07, 6.45) is 3.52. The number of para-hydroxylation sites is 1. The van der Waals surface area contributed by atoms with Crippen molar-refractivity contribution >= 4 is 28.5 Å². The summed E-state index contributed by atoms with van der Waals surface area (Å²) in [6.45, 7) is 1.40. The lowest BCUT2D eigenvalue weighted by molar-refractivity contribution is -0.143. The highest BCUT2D eigenvalue weighted by Crippen LogP contribution is 2.34. The number of carboxylic acids is 1. The van der Waals surface area contributed by atoms with E-state index in [4.69, 9.17) is 11.6 Å². The van der Waals surface area contributed by atoms with Gasteiger partial charge >= 0.3 is 5.97 Å². The van der Waals surface area contributed by atoms with E-state index in [9.17, 15) is 9.90 Å². The summed E-state index contributed by atoms with van der Waals surface area (Å²) >= 11 is 6.09. The first kappa shape index (κ1) is 18.0. The fraction of sp³-hybridized carbons (Fsp3) is 0.273. The third kappa shape index (κ3) is 3.82. The van der Waals surface area contributed by atoms with Gasteiger partial charge in [0.15, 0.2) is 0 Å². The van der Waals surface area contributed by atoms with Crippen LogP contribution >= 0.6 is 11.6 Å². The van der Waals surface area contributed by atoms with Gasteiger partial charge < -0.3 is 5.11 Å². The van der Waals surface area contributed by atoms with Crippen molar-refractivity contribution in [2.45, 2.75) is 18.9 Å². The third-order valence-corrected chi connectivity index (χ3v) is 5.53. The lowest BCUT2D eigenvalue weighted by Crippen LogP contribution is -2.41. The lowest BCUT2D eigenvalue weighted by atomic mass is 9.91. The summed E-state index contributed by atoms with van der Waals surface area (Å²) in [7, 11) is 0. The third-order valence-electron chi connectivity index (χ3n) is 5.28. The van der Waals surface area contributed by atoms with Crippen LogP contribution in [-0.4, -0.2) is 34.0 Å². The van der Waals surface area contributed by atoms with Crippen LogP contribution in [0.15, 0.2) is 60.8 Å². The largest absolute Gasteiger partial charge is 0.481 e. The van der Waals surface area contributed by atoms with Gasteiger partial charge in [-0.1, -0.05) is 41.9 Å². The number of pyridine rings is 1. The maximum Gasteiger partial charge on any atom is 0.307 e. The number of benzene rings is 2. The average Bonchev–Trinajstić information content (AvgIpc) is 2.70. The van der Waals surface area contributed by atoms with Crippen LogP contribution in [-0.2, 0) is 4.79 Å². The highest BCUT2D eigenvalue weighted by Gasteiger charge is 2.31. The number of carbonyl (C=O) groups is 1. The SMILES string of the molecule is O=C(O)C1CCCN(C(c2ccc(Cl)cc2)c2cnc3ccccc3c2)C1. The lowest BCUT2D eigenvalue weighted by Gasteiger charge is -2.37. The molecule has 5 heteroatoms. The first-order chi connectivity index (χ1) is 13.1. The number of carboxylic acid groups (broad SMARTS) is 1. The Hall–Kier alpha value is -2.43. The number of rotatable bonds is 4. The van der Waals surface area contributed by atoms with E-state index in [0.29, 0.717) is 11.6 Å². The van der Waals surface area contributed by atoms with Gasteiger partial charge in [0.2, 0.25) is 0 Å². The number of nitrogens with zero attached hydrogens (tertiary/aromatic N) is 2. The molecule has 4 nitrogen and oxygen atoms in total. The monoisotopic (exact) mass is 380 g/mol. The Balaban J connectivity index is 1.77. The molecule has 2 aromatic carbocycles. The predicted molar refractivity (Wildman–Crippen MR) is 107 cm³/mol. The quantitative estimate of drug-likeness (QED) is 0.708. The standard InChI is InChI=1S/C22H21ClN2O2/c23-19-9-7-15(8-10-19)21(25-11-3-5-17(14-25)22(26)27)18-12-16-4-1-2-6-20(16)24-13-18/h1-2,4,6-10,12-13,17,21H,3,5,11,14H2,(H,26,27). The summed E-state index contributed by atoms with van der Waals surface area (Å²) in [5.41, 5.74) is 3.13. The smallest absolute Gasteiger partial charge is 0.307 e. The Morgan fingerprint density at radius 1 is 1.15 bits per heavy atom. The molecule has 2 heterocycles. The number of piperidine rings is 1. The van der Waals surface area contributed by atoms with Crippen LogP contribution in [0.3, 0.4) is 0 Å². The van der Waals surface area contributed by atoms with Crippen molar-refractivity contribution in [2.24, 2.45) is 5.92 Å². The molecule has 1 N–H and O–H groups in total. The molecule has 3 aromatic rings. The molecule has 1 aromatic heterocycles. The van der Waals surface area contributed by atoms with Crippen molar-refractivity contribution in [3.8, 4) is 0 Å². The Bertz CT molecular complexity index is 958. The fourth-order valence-electron chi connectivity index (χ4n) is 3.94. The highest BCUT2D eigenvalue weighted by atomic mass is 35.5. The van der Waals surface area contributed by atoms with E-state index in [2.05, 4.69) is 22.0 Å². The van der Waals surface area contributed by atoms with Gasteiger partial charge in [-0.15, -0.1) is 0 Å². The molecule has 138 valence electrons. The number of aromatic nitrogens is 1. The van der Waals surface area contributed by atoms with Crippen molar-refractivity contribution in [1.29, 1.82) is 0 Å². The summed E-state index contributed by atoms with van der Waals surface area (Å²) in [4.78, 5) is 18.4. The Labute approximate surface area is 163 Å². The molecule has 27 heavy (non-hydrogen) atoms. The molecule has 1 aliphatic rings. The maximum atomic E-state index is 11.6. The van der Waals surface area contributed by atoms with E-state index in [1.54, 1.807) is 0 Å². The molecule has 1 fully saturated rings.